The predicted octanol–water partition coefficient (Wildman–Crippen LogP) is 2.27. The summed E-state index contributed by atoms with van der Waals surface area (Å²) in [5, 5.41) is 0. The third-order valence-electron chi connectivity index (χ3n) is 5.20. The van der Waals surface area contributed by atoms with Gasteiger partial charge >= 0.3 is 0 Å². The number of morpholine rings is 1. The lowest BCUT2D eigenvalue weighted by Gasteiger charge is -2.34. The molecule has 1 fully saturated rings. The Morgan fingerprint density at radius 2 is 2.00 bits per heavy atom. The maximum absolute atomic E-state index is 12.6. The molecule has 31 heavy (non-hydrogen) atoms. The number of aromatic amines is 1. The first-order valence-corrected chi connectivity index (χ1v) is 12.3. The molecule has 164 valence electrons. The number of nitrogens with one attached hydrogen (secondary N) is 1. The molecule has 0 bridgehead atoms. The number of aromatic nitrogens is 4. The summed E-state index contributed by atoms with van der Waals surface area (Å²) in [4.78, 5) is 31.2. The van der Waals surface area contributed by atoms with E-state index in [9.17, 15) is 13.2 Å². The van der Waals surface area contributed by atoms with E-state index in [4.69, 9.17) is 4.74 Å². The molecule has 0 unspecified atom stereocenters. The maximum atomic E-state index is 12.6. The third kappa shape index (κ3) is 4.59. The highest BCUT2D eigenvalue weighted by Crippen LogP contribution is 2.26. The van der Waals surface area contributed by atoms with Crippen LogP contribution in [0, 0.1) is 0 Å². The Balaban J connectivity index is 1.84. The number of sulfone groups is 1. The third-order valence-corrected chi connectivity index (χ3v) is 6.02. The van der Waals surface area contributed by atoms with Crippen LogP contribution in [-0.4, -0.2) is 59.8 Å². The molecule has 1 amide bonds. The summed E-state index contributed by atoms with van der Waals surface area (Å²) in [6.45, 7) is 4.38. The highest BCUT2D eigenvalue weighted by molar-refractivity contribution is 7.89. The number of anilines is 1. The van der Waals surface area contributed by atoms with E-state index in [1.54, 1.807) is 17.0 Å². The number of carbonyl (C=O) groups excluding carboxylic acids is 1. The zero-order valence-electron chi connectivity index (χ0n) is 17.8. The summed E-state index contributed by atoms with van der Waals surface area (Å²) in [5.41, 5.74) is 3.59. The number of amides is 1. The van der Waals surface area contributed by atoms with Crippen molar-refractivity contribution < 1.29 is 17.9 Å². The molecule has 3 aromatic heterocycles. The van der Waals surface area contributed by atoms with Crippen molar-refractivity contribution in [3.8, 4) is 11.5 Å². The van der Waals surface area contributed by atoms with Gasteiger partial charge in [0.05, 0.1) is 35.1 Å². The standard InChI is InChI=1S/C21H25N5O4S/c1-4-13-8-18-16(22-13)6-7-17(24-18)21-23-14(12-31(3,28)29)9-19(25-21)26-15(5-2)10-30-11-20(26)27/h6-9,15,22H,4-5,10-12H2,1-3H3/t15-/m0/s1. The normalized spacial score (nSPS) is 17.5. The smallest absolute Gasteiger partial charge is 0.254 e. The lowest BCUT2D eigenvalue weighted by molar-refractivity contribution is -0.127. The van der Waals surface area contributed by atoms with Gasteiger partial charge in [-0.05, 0) is 31.0 Å². The van der Waals surface area contributed by atoms with Crippen LogP contribution in [0.4, 0.5) is 5.82 Å². The monoisotopic (exact) mass is 443 g/mol. The fraction of sp³-hybridized carbons (Fsp3) is 0.429. The Kier molecular flexibility index (Phi) is 5.76. The van der Waals surface area contributed by atoms with Gasteiger partial charge in [0.15, 0.2) is 15.7 Å². The SMILES string of the molecule is CCc1cc2nc(-c3nc(CS(C)(=O)=O)cc(N4C(=O)COC[C@@H]4CC)n3)ccc2[nH]1. The molecule has 1 aliphatic heterocycles. The number of aryl methyl sites for hydroxylation is 1. The van der Waals surface area contributed by atoms with Crippen LogP contribution in [0.25, 0.3) is 22.6 Å². The molecule has 1 atom stereocenters. The van der Waals surface area contributed by atoms with Crippen molar-refractivity contribution in [2.24, 2.45) is 0 Å². The van der Waals surface area contributed by atoms with Crippen LogP contribution in [0.2, 0.25) is 0 Å². The van der Waals surface area contributed by atoms with Gasteiger partial charge in [0, 0.05) is 18.0 Å². The van der Waals surface area contributed by atoms with Gasteiger partial charge in [0.25, 0.3) is 5.91 Å². The van der Waals surface area contributed by atoms with Gasteiger partial charge in [-0.25, -0.2) is 23.4 Å². The summed E-state index contributed by atoms with van der Waals surface area (Å²) < 4.78 is 29.3. The lowest BCUT2D eigenvalue weighted by atomic mass is 10.1. The van der Waals surface area contributed by atoms with Crippen LogP contribution in [-0.2, 0) is 31.5 Å². The fourth-order valence-corrected chi connectivity index (χ4v) is 4.37. The molecule has 0 radical (unpaired) electrons. The summed E-state index contributed by atoms with van der Waals surface area (Å²) in [6, 6.07) is 7.05. The molecule has 9 nitrogen and oxygen atoms in total. The zero-order valence-corrected chi connectivity index (χ0v) is 18.6. The molecule has 0 saturated carbocycles. The maximum Gasteiger partial charge on any atom is 0.254 e. The van der Waals surface area contributed by atoms with Gasteiger partial charge in [0.1, 0.15) is 18.1 Å². The predicted molar refractivity (Wildman–Crippen MR) is 117 cm³/mol. The second kappa shape index (κ2) is 8.35. The van der Waals surface area contributed by atoms with Crippen molar-refractivity contribution in [3.63, 3.8) is 0 Å². The van der Waals surface area contributed by atoms with E-state index in [-0.39, 0.29) is 30.1 Å². The molecule has 3 aromatic rings. The number of fused-ring (bicyclic) bond motifs is 1. The minimum Gasteiger partial charge on any atom is -0.369 e. The molecular weight excluding hydrogens is 418 g/mol. The number of H-pyrrole nitrogens is 1. The Bertz CT molecular complexity index is 1240. The van der Waals surface area contributed by atoms with Gasteiger partial charge < -0.3 is 9.72 Å². The van der Waals surface area contributed by atoms with Crippen molar-refractivity contribution in [1.82, 2.24) is 19.9 Å². The van der Waals surface area contributed by atoms with Gasteiger partial charge in [-0.1, -0.05) is 13.8 Å². The summed E-state index contributed by atoms with van der Waals surface area (Å²) in [5.74, 6) is 0.187. The zero-order chi connectivity index (χ0) is 22.2. The van der Waals surface area contributed by atoms with Crippen LogP contribution in [0.1, 0.15) is 31.7 Å². The second-order valence-corrected chi connectivity index (χ2v) is 9.87. The van der Waals surface area contributed by atoms with E-state index in [1.165, 1.54) is 0 Å². The highest BCUT2D eigenvalue weighted by atomic mass is 32.2. The summed E-state index contributed by atoms with van der Waals surface area (Å²) in [6.07, 6.45) is 2.69. The van der Waals surface area contributed by atoms with E-state index >= 15 is 0 Å². The van der Waals surface area contributed by atoms with Gasteiger partial charge in [-0.15, -0.1) is 0 Å². The Morgan fingerprint density at radius 3 is 2.71 bits per heavy atom. The van der Waals surface area contributed by atoms with Crippen LogP contribution < -0.4 is 4.90 Å². The van der Waals surface area contributed by atoms with Crippen LogP contribution in [0.3, 0.4) is 0 Å². The summed E-state index contributed by atoms with van der Waals surface area (Å²) >= 11 is 0. The number of hydrogen-bond donors (Lipinski definition) is 1. The molecule has 0 aliphatic carbocycles. The van der Waals surface area contributed by atoms with Crippen molar-refractivity contribution in [3.05, 3.63) is 35.7 Å². The molecule has 1 saturated heterocycles. The topological polar surface area (TPSA) is 118 Å². The van der Waals surface area contributed by atoms with Gasteiger partial charge in [-0.3, -0.25) is 9.69 Å². The van der Waals surface area contributed by atoms with Crippen molar-refractivity contribution in [2.75, 3.05) is 24.4 Å². The van der Waals surface area contributed by atoms with E-state index in [1.807, 2.05) is 19.1 Å². The number of nitrogens with zero attached hydrogens (tertiary/aromatic N) is 4. The molecule has 4 rings (SSSR count). The van der Waals surface area contributed by atoms with E-state index in [0.717, 1.165) is 29.4 Å². The first-order valence-electron chi connectivity index (χ1n) is 10.2. The van der Waals surface area contributed by atoms with Gasteiger partial charge in [0.2, 0.25) is 0 Å². The number of hydrogen-bond acceptors (Lipinski definition) is 7. The van der Waals surface area contributed by atoms with Gasteiger partial charge in [-0.2, -0.15) is 0 Å². The number of pyridine rings is 1. The van der Waals surface area contributed by atoms with E-state index < -0.39 is 9.84 Å². The molecule has 0 aromatic carbocycles. The lowest BCUT2D eigenvalue weighted by Crippen LogP contribution is -2.49. The van der Waals surface area contributed by atoms with Crippen LogP contribution >= 0.6 is 0 Å². The molecule has 0 spiro atoms. The molecular formula is C21H25N5O4S. The second-order valence-electron chi connectivity index (χ2n) is 7.73. The average molecular weight is 444 g/mol. The molecule has 10 heteroatoms. The Morgan fingerprint density at radius 1 is 1.19 bits per heavy atom. The quantitative estimate of drug-likeness (QED) is 0.621. The van der Waals surface area contributed by atoms with Crippen molar-refractivity contribution in [2.45, 2.75) is 38.5 Å². The minimum absolute atomic E-state index is 0.0371. The van der Waals surface area contributed by atoms with Crippen molar-refractivity contribution in [1.29, 1.82) is 0 Å². The number of ether oxygens (including phenoxy) is 1. The largest absolute Gasteiger partial charge is 0.369 e. The summed E-state index contributed by atoms with van der Waals surface area (Å²) in [7, 11) is -3.33. The number of carbonyl (C=O) groups is 1. The molecule has 4 heterocycles. The van der Waals surface area contributed by atoms with Crippen LogP contribution in [0.5, 0.6) is 0 Å². The first kappa shape index (κ1) is 21.4. The minimum atomic E-state index is -3.33. The fourth-order valence-electron chi connectivity index (χ4n) is 3.69. The van der Waals surface area contributed by atoms with Crippen LogP contribution in [0.15, 0.2) is 24.3 Å². The highest BCUT2D eigenvalue weighted by Gasteiger charge is 2.31. The van der Waals surface area contributed by atoms with E-state index in [2.05, 4.69) is 26.9 Å². The first-order chi connectivity index (χ1) is 14.8. The Labute approximate surface area is 180 Å². The van der Waals surface area contributed by atoms with Crippen molar-refractivity contribution >= 4 is 32.6 Å². The molecule has 1 N–H and O–H groups in total. The Hall–Kier alpha value is -2.85. The average Bonchev–Trinajstić information content (AvgIpc) is 3.14. The number of rotatable bonds is 6. The van der Waals surface area contributed by atoms with E-state index in [0.29, 0.717) is 30.2 Å². The molecule has 1 aliphatic rings.